The maximum absolute atomic E-state index is 12.1. The molecule has 2 aliphatic rings. The van der Waals surface area contributed by atoms with Gasteiger partial charge < -0.3 is 9.88 Å². The van der Waals surface area contributed by atoms with Crippen LogP contribution >= 0.6 is 0 Å². The van der Waals surface area contributed by atoms with Gasteiger partial charge in [0.25, 0.3) is 0 Å². The Morgan fingerprint density at radius 3 is 2.71 bits per heavy atom. The van der Waals surface area contributed by atoms with Crippen LogP contribution in [0, 0.1) is 5.92 Å². The molecule has 7 nitrogen and oxygen atoms in total. The lowest BCUT2D eigenvalue weighted by Crippen LogP contribution is -2.47. The minimum Gasteiger partial charge on any atom is -0.354 e. The lowest BCUT2D eigenvalue weighted by atomic mass is 9.89. The minimum atomic E-state index is -3.36. The zero-order chi connectivity index (χ0) is 17.2. The number of rotatable bonds is 5. The third kappa shape index (κ3) is 4.16. The van der Waals surface area contributed by atoms with Crippen molar-refractivity contribution in [3.05, 3.63) is 11.9 Å². The van der Waals surface area contributed by atoms with E-state index in [1.807, 2.05) is 9.47 Å². The maximum Gasteiger partial charge on any atom is 0.234 e. The highest BCUT2D eigenvalue weighted by atomic mass is 32.2. The SMILES string of the molecule is CS(=O)(=O)c1ncc(CN2CCNC(=O)C2)n1CC1CCCCC1. The van der Waals surface area contributed by atoms with Gasteiger partial charge in [-0.3, -0.25) is 9.69 Å². The van der Waals surface area contributed by atoms with E-state index in [0.717, 1.165) is 25.1 Å². The van der Waals surface area contributed by atoms with E-state index in [2.05, 4.69) is 10.3 Å². The van der Waals surface area contributed by atoms with Crippen LogP contribution in [0.3, 0.4) is 0 Å². The first kappa shape index (κ1) is 17.4. The Labute approximate surface area is 143 Å². The second-order valence-corrected chi connectivity index (χ2v) is 8.89. The van der Waals surface area contributed by atoms with Crippen molar-refractivity contribution in [1.82, 2.24) is 19.8 Å². The van der Waals surface area contributed by atoms with E-state index in [1.165, 1.54) is 25.5 Å². The van der Waals surface area contributed by atoms with E-state index in [1.54, 1.807) is 6.20 Å². The molecule has 1 aliphatic heterocycles. The standard InChI is InChI=1S/C16H26N4O3S/c1-24(22,23)16-18-9-14(11-19-8-7-17-15(21)12-19)20(16)10-13-5-3-2-4-6-13/h9,13H,2-8,10-12H2,1H3,(H,17,21). The number of carbonyl (C=O) groups excluding carboxylic acids is 1. The van der Waals surface area contributed by atoms with Crippen molar-refractivity contribution >= 4 is 15.7 Å². The first-order chi connectivity index (χ1) is 11.4. The average molecular weight is 354 g/mol. The van der Waals surface area contributed by atoms with E-state index in [4.69, 9.17) is 0 Å². The molecule has 1 aliphatic carbocycles. The van der Waals surface area contributed by atoms with E-state index in [-0.39, 0.29) is 11.1 Å². The molecule has 0 aromatic carbocycles. The Balaban J connectivity index is 1.82. The molecule has 0 spiro atoms. The van der Waals surface area contributed by atoms with Gasteiger partial charge in [0, 0.05) is 32.4 Å². The average Bonchev–Trinajstić information content (AvgIpc) is 2.91. The number of aromatic nitrogens is 2. The quantitative estimate of drug-likeness (QED) is 0.845. The molecule has 1 aromatic heterocycles. The molecule has 0 atom stereocenters. The van der Waals surface area contributed by atoms with Crippen molar-refractivity contribution in [3.63, 3.8) is 0 Å². The van der Waals surface area contributed by atoms with Crippen LogP contribution in [0.4, 0.5) is 0 Å². The minimum absolute atomic E-state index is 0.0166. The molecule has 0 unspecified atom stereocenters. The number of imidazole rings is 1. The van der Waals surface area contributed by atoms with Gasteiger partial charge in [0.05, 0.1) is 18.4 Å². The maximum atomic E-state index is 12.1. The van der Waals surface area contributed by atoms with Crippen LogP contribution in [0.2, 0.25) is 0 Å². The van der Waals surface area contributed by atoms with Gasteiger partial charge in [0.2, 0.25) is 20.9 Å². The van der Waals surface area contributed by atoms with Crippen molar-refractivity contribution in [3.8, 4) is 0 Å². The van der Waals surface area contributed by atoms with Crippen LogP contribution in [0.1, 0.15) is 37.8 Å². The zero-order valence-corrected chi connectivity index (χ0v) is 15.0. The van der Waals surface area contributed by atoms with Gasteiger partial charge in [0.1, 0.15) is 0 Å². The second-order valence-electron chi connectivity index (χ2n) is 6.98. The number of amides is 1. The molecule has 1 aromatic rings. The van der Waals surface area contributed by atoms with Crippen molar-refractivity contribution in [1.29, 1.82) is 0 Å². The van der Waals surface area contributed by atoms with Crippen LogP contribution in [0.25, 0.3) is 0 Å². The Bertz CT molecular complexity index is 692. The summed E-state index contributed by atoms with van der Waals surface area (Å²) >= 11 is 0. The molecule has 1 saturated carbocycles. The van der Waals surface area contributed by atoms with Crippen LogP contribution in [-0.2, 0) is 27.7 Å². The fourth-order valence-corrected chi connectivity index (χ4v) is 4.53. The number of hydrogen-bond acceptors (Lipinski definition) is 5. The molecule has 134 valence electrons. The van der Waals surface area contributed by atoms with Crippen LogP contribution < -0.4 is 5.32 Å². The predicted molar refractivity (Wildman–Crippen MR) is 90.2 cm³/mol. The molecular formula is C16H26N4O3S. The largest absolute Gasteiger partial charge is 0.354 e. The van der Waals surface area contributed by atoms with Gasteiger partial charge in [0.15, 0.2) is 0 Å². The summed E-state index contributed by atoms with van der Waals surface area (Å²) in [5, 5.41) is 2.97. The number of carbonyl (C=O) groups is 1. The lowest BCUT2D eigenvalue weighted by Gasteiger charge is -2.28. The van der Waals surface area contributed by atoms with Crippen molar-refractivity contribution < 1.29 is 13.2 Å². The summed E-state index contributed by atoms with van der Waals surface area (Å²) in [5.74, 6) is 0.528. The Morgan fingerprint density at radius 2 is 2.04 bits per heavy atom. The molecule has 0 radical (unpaired) electrons. The summed E-state index contributed by atoms with van der Waals surface area (Å²) in [4.78, 5) is 17.8. The topological polar surface area (TPSA) is 84.3 Å². The number of hydrogen-bond donors (Lipinski definition) is 1. The first-order valence-corrected chi connectivity index (χ1v) is 10.6. The van der Waals surface area contributed by atoms with Crippen LogP contribution in [0.5, 0.6) is 0 Å². The van der Waals surface area contributed by atoms with Crippen molar-refractivity contribution in [2.45, 2.75) is 50.4 Å². The third-order valence-electron chi connectivity index (χ3n) is 4.90. The fraction of sp³-hybridized carbons (Fsp3) is 0.750. The number of nitrogens with one attached hydrogen (secondary N) is 1. The van der Waals surface area contributed by atoms with E-state index < -0.39 is 9.84 Å². The Hall–Kier alpha value is -1.41. The Kier molecular flexibility index (Phi) is 5.24. The number of nitrogens with zero attached hydrogens (tertiary/aromatic N) is 3. The normalized spacial score (nSPS) is 21.0. The van der Waals surface area contributed by atoms with Crippen molar-refractivity contribution in [2.75, 3.05) is 25.9 Å². The first-order valence-electron chi connectivity index (χ1n) is 8.67. The zero-order valence-electron chi connectivity index (χ0n) is 14.2. The summed E-state index contributed by atoms with van der Waals surface area (Å²) < 4.78 is 26.1. The summed E-state index contributed by atoms with van der Waals surface area (Å²) in [5.41, 5.74) is 0.885. The van der Waals surface area contributed by atoms with E-state index in [0.29, 0.717) is 32.1 Å². The van der Waals surface area contributed by atoms with Gasteiger partial charge in [-0.05, 0) is 18.8 Å². The molecule has 0 bridgehead atoms. The molecule has 8 heteroatoms. The van der Waals surface area contributed by atoms with Gasteiger partial charge in [-0.15, -0.1) is 0 Å². The van der Waals surface area contributed by atoms with Crippen LogP contribution in [0.15, 0.2) is 11.4 Å². The number of piperazine rings is 1. The lowest BCUT2D eigenvalue weighted by molar-refractivity contribution is -0.124. The highest BCUT2D eigenvalue weighted by Crippen LogP contribution is 2.27. The van der Waals surface area contributed by atoms with Gasteiger partial charge in [-0.25, -0.2) is 13.4 Å². The molecule has 3 rings (SSSR count). The van der Waals surface area contributed by atoms with Crippen molar-refractivity contribution in [2.24, 2.45) is 5.92 Å². The van der Waals surface area contributed by atoms with Gasteiger partial charge >= 0.3 is 0 Å². The van der Waals surface area contributed by atoms with Crippen LogP contribution in [-0.4, -0.2) is 54.7 Å². The Morgan fingerprint density at radius 1 is 1.29 bits per heavy atom. The molecule has 2 fully saturated rings. The third-order valence-corrected chi connectivity index (χ3v) is 5.89. The monoisotopic (exact) mass is 354 g/mol. The molecule has 1 amide bonds. The molecule has 2 heterocycles. The fourth-order valence-electron chi connectivity index (χ4n) is 3.69. The molecule has 24 heavy (non-hydrogen) atoms. The highest BCUT2D eigenvalue weighted by molar-refractivity contribution is 7.90. The highest BCUT2D eigenvalue weighted by Gasteiger charge is 2.25. The summed E-state index contributed by atoms with van der Waals surface area (Å²) in [6.07, 6.45) is 8.87. The molecule has 1 saturated heterocycles. The predicted octanol–water partition coefficient (Wildman–Crippen LogP) is 0.799. The summed E-state index contributed by atoms with van der Waals surface area (Å²) in [6, 6.07) is 0. The van der Waals surface area contributed by atoms with E-state index >= 15 is 0 Å². The number of sulfone groups is 1. The smallest absolute Gasteiger partial charge is 0.234 e. The second kappa shape index (κ2) is 7.23. The molecular weight excluding hydrogens is 328 g/mol. The molecule has 1 N–H and O–H groups in total. The summed E-state index contributed by atoms with van der Waals surface area (Å²) in [7, 11) is -3.36. The van der Waals surface area contributed by atoms with E-state index in [9.17, 15) is 13.2 Å². The van der Waals surface area contributed by atoms with Gasteiger partial charge in [-0.2, -0.15) is 0 Å². The summed E-state index contributed by atoms with van der Waals surface area (Å²) in [6.45, 7) is 3.02. The van der Waals surface area contributed by atoms with Gasteiger partial charge in [-0.1, -0.05) is 19.3 Å².